The normalized spacial score (nSPS) is 22.7. The van der Waals surface area contributed by atoms with Gasteiger partial charge in [0.1, 0.15) is 0 Å². The molecule has 1 N–H and O–H groups in total. The Kier molecular flexibility index (Phi) is 4.92. The molecule has 1 fully saturated rings. The minimum absolute atomic E-state index is 0.285. The fourth-order valence-corrected chi connectivity index (χ4v) is 3.16. The van der Waals surface area contributed by atoms with Gasteiger partial charge in [-0.1, -0.05) is 20.8 Å². The second-order valence-corrected chi connectivity index (χ2v) is 7.13. The number of carbonyl (C=O) groups excluding carboxylic acids is 1. The van der Waals surface area contributed by atoms with Crippen molar-refractivity contribution in [3.8, 4) is 0 Å². The van der Waals surface area contributed by atoms with Gasteiger partial charge in [-0.15, -0.1) is 0 Å². The maximum absolute atomic E-state index is 11.4. The average molecular weight is 289 g/mol. The fourth-order valence-electron chi connectivity index (χ4n) is 3.16. The van der Waals surface area contributed by atoms with Gasteiger partial charge in [-0.05, 0) is 61.3 Å². The van der Waals surface area contributed by atoms with Gasteiger partial charge in [0.05, 0.1) is 12.7 Å². The molecule has 2 rings (SSSR count). The molecule has 0 bridgehead atoms. The first-order valence-electron chi connectivity index (χ1n) is 7.85. The van der Waals surface area contributed by atoms with E-state index in [4.69, 9.17) is 4.74 Å². The molecule has 1 saturated carbocycles. The van der Waals surface area contributed by atoms with Gasteiger partial charge in [0.15, 0.2) is 0 Å². The van der Waals surface area contributed by atoms with Crippen LogP contribution < -0.4 is 5.32 Å². The molecule has 1 aromatic rings. The van der Waals surface area contributed by atoms with Crippen molar-refractivity contribution in [1.29, 1.82) is 0 Å². The molecule has 0 saturated heterocycles. The zero-order chi connectivity index (χ0) is 15.5. The molecule has 21 heavy (non-hydrogen) atoms. The van der Waals surface area contributed by atoms with Crippen molar-refractivity contribution in [3.05, 3.63) is 29.8 Å². The molecular weight excluding hydrogens is 262 g/mol. The van der Waals surface area contributed by atoms with E-state index < -0.39 is 0 Å². The van der Waals surface area contributed by atoms with Crippen molar-refractivity contribution in [2.75, 3.05) is 12.4 Å². The second kappa shape index (κ2) is 6.50. The summed E-state index contributed by atoms with van der Waals surface area (Å²) < 4.78 is 4.71. The Morgan fingerprint density at radius 1 is 1.10 bits per heavy atom. The Morgan fingerprint density at radius 3 is 2.14 bits per heavy atom. The third kappa shape index (κ3) is 4.23. The molecule has 0 aliphatic heterocycles. The van der Waals surface area contributed by atoms with Gasteiger partial charge >= 0.3 is 5.97 Å². The van der Waals surface area contributed by atoms with E-state index in [-0.39, 0.29) is 5.97 Å². The number of benzene rings is 1. The van der Waals surface area contributed by atoms with Gasteiger partial charge in [-0.25, -0.2) is 4.79 Å². The van der Waals surface area contributed by atoms with Crippen LogP contribution in [0.5, 0.6) is 0 Å². The van der Waals surface area contributed by atoms with Gasteiger partial charge in [0.25, 0.3) is 0 Å². The maximum atomic E-state index is 11.4. The molecule has 0 amide bonds. The van der Waals surface area contributed by atoms with Crippen molar-refractivity contribution in [3.63, 3.8) is 0 Å². The van der Waals surface area contributed by atoms with Crippen molar-refractivity contribution in [2.45, 2.75) is 52.5 Å². The minimum atomic E-state index is -0.285. The highest BCUT2D eigenvalue weighted by Crippen LogP contribution is 2.38. The quantitative estimate of drug-likeness (QED) is 0.833. The van der Waals surface area contributed by atoms with E-state index in [1.165, 1.54) is 32.8 Å². The number of esters is 1. The van der Waals surface area contributed by atoms with Gasteiger partial charge in [-0.2, -0.15) is 0 Å². The van der Waals surface area contributed by atoms with E-state index in [1.54, 1.807) is 0 Å². The fraction of sp³-hybridized carbons (Fsp3) is 0.611. The highest BCUT2D eigenvalue weighted by Gasteiger charge is 2.29. The van der Waals surface area contributed by atoms with Crippen LogP contribution >= 0.6 is 0 Å². The Balaban J connectivity index is 1.88. The second-order valence-electron chi connectivity index (χ2n) is 7.13. The number of ether oxygens (including phenoxy) is 1. The Bertz CT molecular complexity index is 465. The van der Waals surface area contributed by atoms with Crippen LogP contribution in [0, 0.1) is 11.3 Å². The number of hydrogen-bond donors (Lipinski definition) is 1. The van der Waals surface area contributed by atoms with E-state index >= 15 is 0 Å². The first kappa shape index (κ1) is 15.9. The predicted octanol–water partition coefficient (Wildman–Crippen LogP) is 4.49. The zero-order valence-electron chi connectivity index (χ0n) is 13.6. The Morgan fingerprint density at radius 2 is 1.67 bits per heavy atom. The Labute approximate surface area is 128 Å². The standard InChI is InChI=1S/C18H27NO2/c1-18(2,3)14-7-11-16(12-8-14)19-15-9-5-13(6-10-15)17(20)21-4/h5-6,9-10,14,16,19H,7-8,11-12H2,1-4H3. The lowest BCUT2D eigenvalue weighted by Gasteiger charge is -2.37. The van der Waals surface area contributed by atoms with Crippen LogP contribution in [0.3, 0.4) is 0 Å². The molecule has 0 heterocycles. The highest BCUT2D eigenvalue weighted by molar-refractivity contribution is 5.89. The first-order chi connectivity index (χ1) is 9.90. The van der Waals surface area contributed by atoms with Crippen LogP contribution in [0.2, 0.25) is 0 Å². The number of carbonyl (C=O) groups is 1. The molecule has 1 aliphatic carbocycles. The molecule has 116 valence electrons. The summed E-state index contributed by atoms with van der Waals surface area (Å²) >= 11 is 0. The summed E-state index contributed by atoms with van der Waals surface area (Å²) in [6.45, 7) is 7.03. The summed E-state index contributed by atoms with van der Waals surface area (Å²) in [5, 5.41) is 3.58. The Hall–Kier alpha value is -1.51. The van der Waals surface area contributed by atoms with Gasteiger partial charge in [0, 0.05) is 11.7 Å². The summed E-state index contributed by atoms with van der Waals surface area (Å²) in [5.74, 6) is 0.546. The lowest BCUT2D eigenvalue weighted by Crippen LogP contribution is -2.31. The summed E-state index contributed by atoms with van der Waals surface area (Å²) in [4.78, 5) is 11.4. The molecule has 1 aromatic carbocycles. The lowest BCUT2D eigenvalue weighted by atomic mass is 9.71. The summed E-state index contributed by atoms with van der Waals surface area (Å²) in [6.07, 6.45) is 5.03. The van der Waals surface area contributed by atoms with Crippen molar-refractivity contribution >= 4 is 11.7 Å². The third-order valence-corrected chi connectivity index (χ3v) is 4.63. The number of anilines is 1. The molecular formula is C18H27NO2. The van der Waals surface area contributed by atoms with E-state index in [2.05, 4.69) is 26.1 Å². The van der Waals surface area contributed by atoms with Crippen LogP contribution in [-0.2, 0) is 4.74 Å². The lowest BCUT2D eigenvalue weighted by molar-refractivity contribution is 0.0601. The van der Waals surface area contributed by atoms with Crippen molar-refractivity contribution < 1.29 is 9.53 Å². The predicted molar refractivity (Wildman–Crippen MR) is 86.6 cm³/mol. The number of methoxy groups -OCH3 is 1. The van der Waals surface area contributed by atoms with E-state index in [0.717, 1.165) is 11.6 Å². The topological polar surface area (TPSA) is 38.3 Å². The SMILES string of the molecule is COC(=O)c1ccc(NC2CCC(C(C)(C)C)CC2)cc1. The van der Waals surface area contributed by atoms with Crippen molar-refractivity contribution in [1.82, 2.24) is 0 Å². The molecule has 0 spiro atoms. The molecule has 0 aromatic heterocycles. The molecule has 1 aliphatic rings. The van der Waals surface area contributed by atoms with Crippen LogP contribution in [0.4, 0.5) is 5.69 Å². The largest absolute Gasteiger partial charge is 0.465 e. The number of rotatable bonds is 3. The average Bonchev–Trinajstić information content (AvgIpc) is 2.47. The van der Waals surface area contributed by atoms with Crippen LogP contribution in [0.25, 0.3) is 0 Å². The van der Waals surface area contributed by atoms with E-state index in [9.17, 15) is 4.79 Å². The molecule has 0 radical (unpaired) electrons. The van der Waals surface area contributed by atoms with Crippen LogP contribution in [0.1, 0.15) is 56.8 Å². The number of nitrogens with one attached hydrogen (secondary N) is 1. The molecule has 0 atom stereocenters. The first-order valence-corrected chi connectivity index (χ1v) is 7.85. The number of hydrogen-bond acceptors (Lipinski definition) is 3. The van der Waals surface area contributed by atoms with Crippen molar-refractivity contribution in [2.24, 2.45) is 11.3 Å². The zero-order valence-corrected chi connectivity index (χ0v) is 13.6. The smallest absolute Gasteiger partial charge is 0.337 e. The van der Waals surface area contributed by atoms with E-state index in [1.807, 2.05) is 24.3 Å². The van der Waals surface area contributed by atoms with Gasteiger partial charge < -0.3 is 10.1 Å². The maximum Gasteiger partial charge on any atom is 0.337 e. The summed E-state index contributed by atoms with van der Waals surface area (Å²) in [5.41, 5.74) is 2.11. The van der Waals surface area contributed by atoms with Gasteiger partial charge in [0.2, 0.25) is 0 Å². The highest BCUT2D eigenvalue weighted by atomic mass is 16.5. The van der Waals surface area contributed by atoms with Gasteiger partial charge in [-0.3, -0.25) is 0 Å². The molecule has 3 heteroatoms. The molecule has 0 unspecified atom stereocenters. The molecule has 3 nitrogen and oxygen atoms in total. The van der Waals surface area contributed by atoms with Crippen LogP contribution in [0.15, 0.2) is 24.3 Å². The van der Waals surface area contributed by atoms with E-state index in [0.29, 0.717) is 17.0 Å². The van der Waals surface area contributed by atoms with Crippen LogP contribution in [-0.4, -0.2) is 19.1 Å². The summed E-state index contributed by atoms with van der Waals surface area (Å²) in [7, 11) is 1.40. The monoisotopic (exact) mass is 289 g/mol. The third-order valence-electron chi connectivity index (χ3n) is 4.63. The summed E-state index contributed by atoms with van der Waals surface area (Å²) in [6, 6.07) is 8.10. The minimum Gasteiger partial charge on any atom is -0.465 e.